The smallest absolute Gasteiger partial charge is 0.300 e. The van der Waals surface area contributed by atoms with Crippen LogP contribution in [0.2, 0.25) is 0 Å². The van der Waals surface area contributed by atoms with Crippen molar-refractivity contribution in [1.82, 2.24) is 30.1 Å². The van der Waals surface area contributed by atoms with Crippen LogP contribution in [-0.2, 0) is 32.6 Å². The number of anilines is 6. The summed E-state index contributed by atoms with van der Waals surface area (Å²) in [6, 6.07) is 18.4. The second-order valence-corrected chi connectivity index (χ2v) is 24.8. The number of imide groups is 1. The Morgan fingerprint density at radius 1 is 0.900 bits per heavy atom. The molecule has 0 aliphatic carbocycles. The van der Waals surface area contributed by atoms with Gasteiger partial charge < -0.3 is 4.90 Å². The number of pyridine rings is 1. The fourth-order valence-corrected chi connectivity index (χ4v) is 16.0. The third-order valence-corrected chi connectivity index (χ3v) is 20.1. The number of piperidine rings is 2. The minimum absolute atomic E-state index is 0.0826. The first kappa shape index (κ1) is 48.4. The van der Waals surface area contributed by atoms with Gasteiger partial charge in [0.25, 0.3) is 0 Å². The van der Waals surface area contributed by atoms with Crippen LogP contribution in [0.1, 0.15) is 81.7 Å². The zero-order valence-electron chi connectivity index (χ0n) is 41.0. The van der Waals surface area contributed by atoms with E-state index in [4.69, 9.17) is 14.7 Å². The van der Waals surface area contributed by atoms with E-state index in [0.29, 0.717) is 28.7 Å². The number of benzene rings is 3. The van der Waals surface area contributed by atoms with Crippen molar-refractivity contribution in [1.29, 1.82) is 0 Å². The van der Waals surface area contributed by atoms with Crippen molar-refractivity contribution in [3.8, 4) is 5.75 Å². The van der Waals surface area contributed by atoms with Gasteiger partial charge in [-0.15, -0.1) is 0 Å². The zero-order chi connectivity index (χ0) is 48.9. The fourth-order valence-electron chi connectivity index (χ4n) is 11.9. The van der Waals surface area contributed by atoms with Crippen LogP contribution >= 0.6 is 23.4 Å². The van der Waals surface area contributed by atoms with Crippen molar-refractivity contribution >= 4 is 91.9 Å². The number of hydrogen-bond donors (Lipinski definition) is 4. The first-order valence-electron chi connectivity index (χ1n) is 25.2. The van der Waals surface area contributed by atoms with Crippen LogP contribution in [0, 0.1) is 6.92 Å². The summed E-state index contributed by atoms with van der Waals surface area (Å²) < 4.78 is 6.74. The Labute approximate surface area is 419 Å². The molecule has 3 amide bonds. The third-order valence-electron chi connectivity index (χ3n) is 15.6. The molecule has 4 saturated heterocycles. The molecule has 70 heavy (non-hydrogen) atoms. The summed E-state index contributed by atoms with van der Waals surface area (Å²) in [4.78, 5) is 74.5. The van der Waals surface area contributed by atoms with Crippen LogP contribution in [0.3, 0.4) is 0 Å². The van der Waals surface area contributed by atoms with Gasteiger partial charge >= 0.3 is 225 Å². The second kappa shape index (κ2) is 19.7. The number of piperazine rings is 1. The van der Waals surface area contributed by atoms with Gasteiger partial charge in [-0.25, -0.2) is 0 Å². The van der Waals surface area contributed by atoms with Gasteiger partial charge in [-0.1, -0.05) is 12.1 Å². The average Bonchev–Trinajstić information content (AvgIpc) is 3.89. The van der Waals surface area contributed by atoms with Crippen molar-refractivity contribution in [3.63, 3.8) is 0 Å². The Morgan fingerprint density at radius 2 is 1.67 bits per heavy atom. The minimum Gasteiger partial charge on any atom is -0.300 e. The molecule has 5 aliphatic heterocycles. The van der Waals surface area contributed by atoms with Crippen LogP contribution in [0.25, 0.3) is 10.9 Å². The molecule has 0 radical (unpaired) electrons. The normalized spacial score (nSPS) is 21.2. The molecule has 5 aromatic rings. The molecule has 0 spiro atoms. The fraction of sp³-hybridized carbons (Fsp3) is 0.472. The van der Waals surface area contributed by atoms with Crippen LogP contribution in [-0.4, -0.2) is 125 Å². The van der Waals surface area contributed by atoms with Gasteiger partial charge in [0, 0.05) is 64.0 Å². The monoisotopic (exact) mass is 1030 g/mol. The van der Waals surface area contributed by atoms with E-state index in [0.717, 1.165) is 153 Å². The molecule has 4 N–H and O–H groups in total. The van der Waals surface area contributed by atoms with E-state index in [9.17, 15) is 19.3 Å². The van der Waals surface area contributed by atoms with Gasteiger partial charge in [0.15, 0.2) is 0 Å². The first-order valence-corrected chi connectivity index (χ1v) is 28.3. The number of nitrogens with one attached hydrogen (secondary N) is 3. The Bertz CT molecular complexity index is 2840. The van der Waals surface area contributed by atoms with E-state index in [-0.39, 0.29) is 18.2 Å². The molecule has 17 heteroatoms. The minimum atomic E-state index is -2.74. The maximum absolute atomic E-state index is 13.8. The first-order chi connectivity index (χ1) is 33.7. The summed E-state index contributed by atoms with van der Waals surface area (Å²) in [7, 11) is -1.04. The number of nitrogens with zero attached hydrogens (tertiary/aromatic N) is 7. The summed E-state index contributed by atoms with van der Waals surface area (Å²) in [5.74, 6) is 0.997. The van der Waals surface area contributed by atoms with E-state index >= 15 is 0 Å². The molecule has 1 unspecified atom stereocenters. The summed E-state index contributed by atoms with van der Waals surface area (Å²) in [6.07, 6.45) is 9.91. The second-order valence-electron chi connectivity index (χ2n) is 20.3. The molecular weight excluding hydrogens is 968 g/mol. The zero-order valence-corrected chi connectivity index (χ0v) is 43.6. The quantitative estimate of drug-likeness (QED) is 0.0678. The molecule has 10 rings (SSSR count). The number of fused-ring (bicyclic) bond motifs is 2. The number of rotatable bonds is 13. The Balaban J connectivity index is 0.765. The summed E-state index contributed by atoms with van der Waals surface area (Å²) in [6.45, 7) is 15.0. The number of carbonyl (C=O) groups is 3. The molecule has 7 heterocycles. The van der Waals surface area contributed by atoms with Crippen LogP contribution in [0.4, 0.5) is 34.5 Å². The van der Waals surface area contributed by atoms with E-state index in [1.807, 2.05) is 51.1 Å². The number of hydrogen-bond acceptors (Lipinski definition) is 13. The maximum atomic E-state index is 13.8. The Kier molecular flexibility index (Phi) is 13.6. The predicted molar refractivity (Wildman–Crippen MR) is 284 cm³/mol. The van der Waals surface area contributed by atoms with Crippen molar-refractivity contribution in [2.24, 2.45) is 0 Å². The summed E-state index contributed by atoms with van der Waals surface area (Å²) >= 11 is 3.69. The van der Waals surface area contributed by atoms with E-state index in [1.54, 1.807) is 18.2 Å². The number of aryl methyl sites for hydroxylation is 2. The standard InChI is InChI=1S/C53H66BrN10O5P/c1-6-34-30-41(58-52-55-32-38(54)49(60-52)57-40-15-14-39-37(13-12-33(2)56-39)48(40)70(68)28-7-8-29-70)45(69-5)31-44(34)63-22-19-36(20-23-63)62-26-24-61(25-27-62)21-18-35-10-9-11-42-47(35)53(3,4)51(67)64(42)43-16-17-46(65)59-50(43)66/h9-15,30-32,36,43,68,70H,6-8,16-29H2,1-5H3,(H,59,65,66)(H2,55,57,58,60). The molecule has 4 fully saturated rings. The number of halogens is 1. The van der Waals surface area contributed by atoms with Crippen LogP contribution in [0.15, 0.2) is 65.3 Å². The molecule has 2 aromatic heterocycles. The van der Waals surface area contributed by atoms with E-state index < -0.39 is 24.9 Å². The van der Waals surface area contributed by atoms with Gasteiger partial charge in [0.05, 0.1) is 5.41 Å². The van der Waals surface area contributed by atoms with Gasteiger partial charge in [0.1, 0.15) is 6.04 Å². The predicted octanol–water partition coefficient (Wildman–Crippen LogP) is 7.49. The average molecular weight is 1030 g/mol. The Hall–Kier alpha value is -5.25. The Morgan fingerprint density at radius 3 is 2.40 bits per heavy atom. The summed E-state index contributed by atoms with van der Waals surface area (Å²) in [5.41, 5.74) is 8.13. The van der Waals surface area contributed by atoms with E-state index in [1.165, 1.54) is 11.3 Å². The van der Waals surface area contributed by atoms with Gasteiger partial charge in [0.2, 0.25) is 17.7 Å². The molecule has 370 valence electrons. The molecule has 0 saturated carbocycles. The van der Waals surface area contributed by atoms with Gasteiger partial charge in [-0.2, -0.15) is 0 Å². The number of carbonyl (C=O) groups excluding carboxylic acids is 3. The van der Waals surface area contributed by atoms with Crippen molar-refractivity contribution in [2.45, 2.75) is 96.6 Å². The van der Waals surface area contributed by atoms with Crippen LogP contribution < -0.4 is 35.8 Å². The number of ether oxygens (including phenoxy) is 1. The molecule has 1 atom stereocenters. The molecule has 15 nitrogen and oxygen atoms in total. The third kappa shape index (κ3) is 9.26. The number of methoxy groups -OCH3 is 1. The SMILES string of the molecule is CCc1cc(Nc2ncc(Br)c(Nc3ccc4nc(C)ccc4c3[PH]3(O)CCCC3)n2)c(OC)cc1N1CCC(N2CCN(CCc3cccc4c3C(C)(C)C(=O)N4C3CCC(=O)NC3=O)CC2)CC1. The van der Waals surface area contributed by atoms with Crippen molar-refractivity contribution < 1.29 is 24.0 Å². The van der Waals surface area contributed by atoms with Crippen LogP contribution in [0.5, 0.6) is 5.75 Å². The number of amides is 3. The van der Waals surface area contributed by atoms with Crippen molar-refractivity contribution in [3.05, 3.63) is 87.7 Å². The van der Waals surface area contributed by atoms with Crippen molar-refractivity contribution in [2.75, 3.05) is 85.7 Å². The van der Waals surface area contributed by atoms with Gasteiger partial charge in [-0.05, 0) is 56.7 Å². The summed E-state index contributed by atoms with van der Waals surface area (Å²) in [5, 5.41) is 11.5. The molecular formula is C53H66BrN10O5P. The molecule has 3 aromatic carbocycles. The number of aromatic nitrogens is 3. The molecule has 0 bridgehead atoms. The molecule has 5 aliphatic rings. The van der Waals surface area contributed by atoms with Gasteiger partial charge in [-0.3, -0.25) is 29.5 Å². The van der Waals surface area contributed by atoms with E-state index in [2.05, 4.69) is 82.8 Å². The topological polar surface area (TPSA) is 168 Å².